The average molecular weight is 513 g/mol. The van der Waals surface area contributed by atoms with Crippen molar-refractivity contribution in [1.29, 1.82) is 0 Å². The van der Waals surface area contributed by atoms with Crippen LogP contribution < -0.4 is 9.64 Å². The zero-order valence-corrected chi connectivity index (χ0v) is 21.5. The average Bonchev–Trinajstić information content (AvgIpc) is 3.29. The van der Waals surface area contributed by atoms with Crippen molar-refractivity contribution in [3.8, 4) is 5.75 Å². The summed E-state index contributed by atoms with van der Waals surface area (Å²) in [4.78, 5) is 8.73. The van der Waals surface area contributed by atoms with Crippen LogP contribution in [0.4, 0.5) is 14.8 Å². The minimum Gasteiger partial charge on any atom is -0.490 e. The Labute approximate surface area is 205 Å². The fourth-order valence-electron chi connectivity index (χ4n) is 4.95. The number of sulfone groups is 1. The molecule has 2 heterocycles. The summed E-state index contributed by atoms with van der Waals surface area (Å²) in [6, 6.07) is 4.90. The topological polar surface area (TPSA) is 88.8 Å². The van der Waals surface area contributed by atoms with E-state index in [0.29, 0.717) is 24.6 Å². The van der Waals surface area contributed by atoms with Gasteiger partial charge >= 0.3 is 6.01 Å². The number of alkyl halides is 1. The molecule has 4 rings (SSSR count). The molecule has 1 atom stereocenters. The van der Waals surface area contributed by atoms with Gasteiger partial charge in [0.25, 0.3) is 0 Å². The quantitative estimate of drug-likeness (QED) is 0.551. The largest absolute Gasteiger partial charge is 0.490 e. The number of aromatic nitrogens is 2. The normalized spacial score (nSPS) is 24.5. The first kappa shape index (κ1) is 25.8. The molecule has 1 aliphatic heterocycles. The number of ether oxygens (including phenoxy) is 1. The van der Waals surface area contributed by atoms with E-state index in [2.05, 4.69) is 22.0 Å². The Balaban J connectivity index is 1.25. The third-order valence-corrected chi connectivity index (χ3v) is 8.10. The van der Waals surface area contributed by atoms with Crippen molar-refractivity contribution >= 4 is 15.9 Å². The van der Waals surface area contributed by atoms with Crippen LogP contribution in [-0.2, 0) is 15.5 Å². The maximum Gasteiger partial charge on any atom is 0.324 e. The molecule has 0 unspecified atom stereocenters. The van der Waals surface area contributed by atoms with Gasteiger partial charge in [0.1, 0.15) is 0 Å². The van der Waals surface area contributed by atoms with Crippen LogP contribution in [0.25, 0.3) is 0 Å². The molecule has 0 bridgehead atoms. The molecule has 1 saturated heterocycles. The number of piperazine rings is 1. The molecule has 194 valence electrons. The number of halogens is 2. The second-order valence-corrected chi connectivity index (χ2v) is 12.3. The van der Waals surface area contributed by atoms with Crippen LogP contribution in [-0.4, -0.2) is 68.0 Å². The predicted molar refractivity (Wildman–Crippen MR) is 128 cm³/mol. The van der Waals surface area contributed by atoms with Crippen LogP contribution >= 0.6 is 0 Å². The standard InChI is InChI=1S/C24H34F2N4O4S/c1-16-14-29(23-27-22(28-34-23)24(2,3)26)11-12-30(16)18-7-5-17(6-8-18)15-33-21-10-9-19(13-20(21)25)35(4,31)32/h9-10,13,16-18H,5-8,11-12,14-15H2,1-4H3/t16-,17-,18-/m0/s1. The van der Waals surface area contributed by atoms with Gasteiger partial charge in [-0.05, 0) is 70.6 Å². The van der Waals surface area contributed by atoms with Crippen molar-refractivity contribution in [2.24, 2.45) is 5.92 Å². The molecule has 2 aliphatic rings. The first-order chi connectivity index (χ1) is 16.4. The second kappa shape index (κ2) is 10.0. The number of rotatable bonds is 7. The molecule has 8 nitrogen and oxygen atoms in total. The summed E-state index contributed by atoms with van der Waals surface area (Å²) in [6.45, 7) is 7.76. The van der Waals surface area contributed by atoms with Crippen molar-refractivity contribution in [3.05, 3.63) is 29.8 Å². The van der Waals surface area contributed by atoms with Gasteiger partial charge in [0.2, 0.25) is 5.82 Å². The number of anilines is 1. The van der Waals surface area contributed by atoms with Crippen molar-refractivity contribution in [2.45, 2.75) is 69.1 Å². The van der Waals surface area contributed by atoms with Gasteiger partial charge in [-0.25, -0.2) is 17.2 Å². The molecule has 2 aromatic rings. The molecule has 35 heavy (non-hydrogen) atoms. The summed E-state index contributed by atoms with van der Waals surface area (Å²) in [5, 5.41) is 3.79. The maximum atomic E-state index is 14.3. The summed E-state index contributed by atoms with van der Waals surface area (Å²) < 4.78 is 62.5. The van der Waals surface area contributed by atoms with E-state index in [0.717, 1.165) is 57.6 Å². The van der Waals surface area contributed by atoms with E-state index in [1.54, 1.807) is 0 Å². The van der Waals surface area contributed by atoms with Crippen LogP contribution in [0.2, 0.25) is 0 Å². The number of hydrogen-bond acceptors (Lipinski definition) is 8. The Morgan fingerprint density at radius 2 is 1.91 bits per heavy atom. The third-order valence-electron chi connectivity index (χ3n) is 6.99. The second-order valence-electron chi connectivity index (χ2n) is 10.3. The van der Waals surface area contributed by atoms with E-state index in [9.17, 15) is 17.2 Å². The Hall–Kier alpha value is -2.27. The predicted octanol–water partition coefficient (Wildman–Crippen LogP) is 3.97. The SMILES string of the molecule is C[C@H]1CN(c2nc(C(C)(C)F)no2)CCN1[C@H]1CC[C@H](COc2ccc(S(C)(=O)=O)cc2F)CC1. The molecule has 0 N–H and O–H groups in total. The number of benzene rings is 1. The lowest BCUT2D eigenvalue weighted by Crippen LogP contribution is -2.56. The number of nitrogens with zero attached hydrogens (tertiary/aromatic N) is 4. The van der Waals surface area contributed by atoms with Crippen LogP contribution in [0.1, 0.15) is 52.3 Å². The molecule has 1 aromatic carbocycles. The summed E-state index contributed by atoms with van der Waals surface area (Å²) in [5.74, 6) is -0.173. The highest BCUT2D eigenvalue weighted by Crippen LogP contribution is 2.32. The van der Waals surface area contributed by atoms with Crippen LogP contribution in [0, 0.1) is 11.7 Å². The summed E-state index contributed by atoms with van der Waals surface area (Å²) >= 11 is 0. The minimum absolute atomic E-state index is 0.0529. The summed E-state index contributed by atoms with van der Waals surface area (Å²) in [7, 11) is -3.45. The molecule has 2 fully saturated rings. The lowest BCUT2D eigenvalue weighted by Gasteiger charge is -2.45. The minimum atomic E-state index is -3.45. The molecule has 0 spiro atoms. The maximum absolute atomic E-state index is 14.3. The zero-order valence-electron chi connectivity index (χ0n) is 20.7. The monoisotopic (exact) mass is 512 g/mol. The van der Waals surface area contributed by atoms with Gasteiger partial charge < -0.3 is 14.2 Å². The van der Waals surface area contributed by atoms with Crippen molar-refractivity contribution in [3.63, 3.8) is 0 Å². The van der Waals surface area contributed by atoms with Crippen molar-refractivity contribution in [1.82, 2.24) is 15.0 Å². The zero-order chi connectivity index (χ0) is 25.4. The lowest BCUT2D eigenvalue weighted by molar-refractivity contribution is 0.0763. The van der Waals surface area contributed by atoms with Crippen LogP contribution in [0.15, 0.2) is 27.6 Å². The van der Waals surface area contributed by atoms with E-state index in [-0.39, 0.29) is 22.5 Å². The molecule has 1 aliphatic carbocycles. The highest BCUT2D eigenvalue weighted by Gasteiger charge is 2.35. The van der Waals surface area contributed by atoms with Gasteiger partial charge in [-0.1, -0.05) is 5.16 Å². The van der Waals surface area contributed by atoms with Crippen molar-refractivity contribution < 1.29 is 26.5 Å². The smallest absolute Gasteiger partial charge is 0.324 e. The summed E-state index contributed by atoms with van der Waals surface area (Å²) in [6.07, 6.45) is 5.09. The van der Waals surface area contributed by atoms with E-state index in [1.807, 2.05) is 4.90 Å². The highest BCUT2D eigenvalue weighted by atomic mass is 32.2. The van der Waals surface area contributed by atoms with Crippen LogP contribution in [0.5, 0.6) is 5.75 Å². The molecule has 11 heteroatoms. The van der Waals surface area contributed by atoms with Gasteiger partial charge in [-0.3, -0.25) is 4.90 Å². The third kappa shape index (κ3) is 6.11. The van der Waals surface area contributed by atoms with E-state index in [1.165, 1.54) is 26.0 Å². The lowest BCUT2D eigenvalue weighted by atomic mass is 9.85. The molecule has 1 saturated carbocycles. The molecular formula is C24H34F2N4O4S. The summed E-state index contributed by atoms with van der Waals surface area (Å²) in [5.41, 5.74) is -1.64. The van der Waals surface area contributed by atoms with E-state index < -0.39 is 21.3 Å². The van der Waals surface area contributed by atoms with Gasteiger partial charge in [0.15, 0.2) is 27.1 Å². The van der Waals surface area contributed by atoms with Crippen molar-refractivity contribution in [2.75, 3.05) is 37.4 Å². The van der Waals surface area contributed by atoms with E-state index in [4.69, 9.17) is 9.26 Å². The molecule has 1 aromatic heterocycles. The fraction of sp³-hybridized carbons (Fsp3) is 0.667. The Morgan fingerprint density at radius 3 is 2.49 bits per heavy atom. The van der Waals surface area contributed by atoms with Gasteiger partial charge in [0.05, 0.1) is 11.5 Å². The first-order valence-corrected chi connectivity index (χ1v) is 14.0. The van der Waals surface area contributed by atoms with E-state index >= 15 is 0 Å². The van der Waals surface area contributed by atoms with Gasteiger partial charge in [-0.2, -0.15) is 4.98 Å². The Bertz CT molecular complexity index is 1130. The first-order valence-electron chi connectivity index (χ1n) is 12.1. The fourth-order valence-corrected chi connectivity index (χ4v) is 5.59. The highest BCUT2D eigenvalue weighted by molar-refractivity contribution is 7.90. The van der Waals surface area contributed by atoms with Gasteiger partial charge in [0, 0.05) is 38.0 Å². The van der Waals surface area contributed by atoms with Crippen LogP contribution in [0.3, 0.4) is 0 Å². The number of hydrogen-bond donors (Lipinski definition) is 0. The van der Waals surface area contributed by atoms with Gasteiger partial charge in [-0.15, -0.1) is 0 Å². The Kier molecular flexibility index (Phi) is 7.38. The molecule has 0 radical (unpaired) electrons. The Morgan fingerprint density at radius 1 is 1.20 bits per heavy atom. The molecular weight excluding hydrogens is 478 g/mol. The molecule has 0 amide bonds.